The molecule has 1 aliphatic heterocycles. The number of halogens is 1. The molecule has 2 aromatic heterocycles. The highest BCUT2D eigenvalue weighted by Gasteiger charge is 2.41. The summed E-state index contributed by atoms with van der Waals surface area (Å²) in [6.07, 6.45) is 0.313. The smallest absolute Gasteiger partial charge is 0.308 e. The second kappa shape index (κ2) is 11.7. The first-order valence-electron chi connectivity index (χ1n) is 11.9. The Bertz CT molecular complexity index is 1130. The number of anilines is 1. The number of ether oxygens (including phenoxy) is 4. The van der Waals surface area contributed by atoms with Gasteiger partial charge >= 0.3 is 11.9 Å². The number of nitrogens with one attached hydrogen (secondary N) is 1. The van der Waals surface area contributed by atoms with Crippen LogP contribution in [0.25, 0.3) is 11.0 Å². The van der Waals surface area contributed by atoms with E-state index in [9.17, 15) is 14.4 Å². The van der Waals surface area contributed by atoms with Gasteiger partial charge in [-0.05, 0) is 22.6 Å². The molecule has 1 aliphatic rings. The fourth-order valence-electron chi connectivity index (χ4n) is 3.51. The normalized spacial score (nSPS) is 19.8. The second-order valence-corrected chi connectivity index (χ2v) is 10.7. The van der Waals surface area contributed by atoms with Gasteiger partial charge in [0.05, 0.1) is 24.3 Å². The quantitative estimate of drug-likeness (QED) is 0.331. The molecular weight excluding hydrogens is 583 g/mol. The van der Waals surface area contributed by atoms with Gasteiger partial charge in [0.25, 0.3) is 0 Å². The molecule has 1 N–H and O–H groups in total. The van der Waals surface area contributed by atoms with Crippen LogP contribution in [-0.4, -0.2) is 58.3 Å². The largest absolute Gasteiger partial charge is 0.480 e. The molecule has 1 saturated heterocycles. The monoisotopic (exact) mass is 616 g/mol. The number of fused-ring (bicyclic) bond motifs is 1. The summed E-state index contributed by atoms with van der Waals surface area (Å²) >= 11 is 2.16. The predicted molar refractivity (Wildman–Crippen MR) is 139 cm³/mol. The van der Waals surface area contributed by atoms with E-state index in [4.69, 9.17) is 18.9 Å². The SMILES string of the molecule is COc1nc(NC(=O)C(C)C)nc2c1c(I)cn2[C@H]1C[C@H](OC(=O)C(C)C)[C@@H](COC(=O)C(C)C)O1. The summed E-state index contributed by atoms with van der Waals surface area (Å²) in [7, 11) is 1.50. The van der Waals surface area contributed by atoms with Crippen molar-refractivity contribution in [1.82, 2.24) is 14.5 Å². The van der Waals surface area contributed by atoms with E-state index in [1.807, 2.05) is 6.20 Å². The average Bonchev–Trinajstić information content (AvgIpc) is 3.36. The zero-order chi connectivity index (χ0) is 26.7. The van der Waals surface area contributed by atoms with E-state index in [-0.39, 0.29) is 48.2 Å². The zero-order valence-electron chi connectivity index (χ0n) is 21.5. The van der Waals surface area contributed by atoms with Gasteiger partial charge in [0.1, 0.15) is 25.0 Å². The second-order valence-electron chi connectivity index (χ2n) is 9.56. The van der Waals surface area contributed by atoms with E-state index in [1.54, 1.807) is 46.1 Å². The Labute approximate surface area is 223 Å². The van der Waals surface area contributed by atoms with Crippen molar-refractivity contribution in [3.8, 4) is 5.88 Å². The number of rotatable bonds is 9. The minimum Gasteiger partial charge on any atom is -0.480 e. The minimum atomic E-state index is -0.653. The molecule has 1 amide bonds. The third-order valence-electron chi connectivity index (χ3n) is 5.64. The number of hydrogen-bond donors (Lipinski definition) is 1. The van der Waals surface area contributed by atoms with Gasteiger partial charge in [0.15, 0.2) is 5.65 Å². The molecule has 3 rings (SSSR count). The Morgan fingerprint density at radius 1 is 1.11 bits per heavy atom. The molecule has 0 aromatic carbocycles. The average molecular weight is 616 g/mol. The van der Waals surface area contributed by atoms with Crippen molar-refractivity contribution in [2.75, 3.05) is 19.0 Å². The van der Waals surface area contributed by atoms with Crippen LogP contribution in [0.5, 0.6) is 5.88 Å². The lowest BCUT2D eigenvalue weighted by Crippen LogP contribution is -2.33. The molecule has 0 bridgehead atoms. The van der Waals surface area contributed by atoms with Crippen LogP contribution >= 0.6 is 22.6 Å². The molecule has 0 spiro atoms. The predicted octanol–water partition coefficient (Wildman–Crippen LogP) is 3.69. The fraction of sp³-hybridized carbons (Fsp3) is 0.625. The topological polar surface area (TPSA) is 131 Å². The lowest BCUT2D eigenvalue weighted by atomic mass is 10.1. The van der Waals surface area contributed by atoms with Crippen molar-refractivity contribution in [2.24, 2.45) is 17.8 Å². The number of carbonyl (C=O) groups is 3. The highest BCUT2D eigenvalue weighted by atomic mass is 127. The maximum atomic E-state index is 12.4. The van der Waals surface area contributed by atoms with Crippen molar-refractivity contribution in [2.45, 2.75) is 66.4 Å². The number of nitrogens with zero attached hydrogens (tertiary/aromatic N) is 3. The van der Waals surface area contributed by atoms with Crippen LogP contribution in [-0.2, 0) is 28.6 Å². The Kier molecular flexibility index (Phi) is 9.14. The number of methoxy groups -OCH3 is 1. The summed E-state index contributed by atoms with van der Waals surface area (Å²) in [6, 6.07) is 0. The molecule has 3 atom stereocenters. The van der Waals surface area contributed by atoms with Crippen LogP contribution in [0.2, 0.25) is 0 Å². The molecular formula is C24H33IN4O7. The van der Waals surface area contributed by atoms with Gasteiger partial charge in [0.2, 0.25) is 17.7 Å². The number of hydrogen-bond acceptors (Lipinski definition) is 9. The number of carbonyl (C=O) groups excluding carboxylic acids is 3. The van der Waals surface area contributed by atoms with Gasteiger partial charge in [-0.25, -0.2) is 0 Å². The van der Waals surface area contributed by atoms with Crippen molar-refractivity contribution in [3.63, 3.8) is 0 Å². The van der Waals surface area contributed by atoms with Crippen LogP contribution in [0, 0.1) is 21.3 Å². The number of amides is 1. The van der Waals surface area contributed by atoms with E-state index in [0.29, 0.717) is 23.3 Å². The van der Waals surface area contributed by atoms with E-state index in [0.717, 1.165) is 3.57 Å². The van der Waals surface area contributed by atoms with Gasteiger partial charge in [-0.3, -0.25) is 19.7 Å². The molecule has 0 radical (unpaired) electrons. The first kappa shape index (κ1) is 28.1. The Morgan fingerprint density at radius 3 is 2.36 bits per heavy atom. The first-order valence-corrected chi connectivity index (χ1v) is 13.0. The molecule has 0 unspecified atom stereocenters. The molecule has 2 aromatic rings. The molecule has 36 heavy (non-hydrogen) atoms. The van der Waals surface area contributed by atoms with Crippen molar-refractivity contribution < 1.29 is 33.3 Å². The van der Waals surface area contributed by atoms with Crippen LogP contribution in [0.4, 0.5) is 5.95 Å². The molecule has 198 valence electrons. The van der Waals surface area contributed by atoms with Crippen LogP contribution in [0.3, 0.4) is 0 Å². The van der Waals surface area contributed by atoms with Gasteiger partial charge in [-0.1, -0.05) is 41.5 Å². The van der Waals surface area contributed by atoms with Crippen LogP contribution in [0.1, 0.15) is 54.2 Å². The van der Waals surface area contributed by atoms with Gasteiger partial charge in [-0.15, -0.1) is 0 Å². The lowest BCUT2D eigenvalue weighted by Gasteiger charge is -2.20. The molecule has 3 heterocycles. The summed E-state index contributed by atoms with van der Waals surface area (Å²) in [5.74, 6) is -1.40. The first-order chi connectivity index (χ1) is 16.9. The highest BCUT2D eigenvalue weighted by Crippen LogP contribution is 2.38. The molecule has 0 aliphatic carbocycles. The Morgan fingerprint density at radius 2 is 1.78 bits per heavy atom. The maximum absolute atomic E-state index is 12.4. The number of aromatic nitrogens is 3. The summed E-state index contributed by atoms with van der Waals surface area (Å²) in [6.45, 7) is 10.5. The molecule has 0 saturated carbocycles. The van der Waals surface area contributed by atoms with Crippen molar-refractivity contribution in [3.05, 3.63) is 9.77 Å². The standard InChI is InChI=1S/C24H33IN4O7/c1-11(2)20(30)27-24-26-19-18(21(28-24)33-7)14(25)9-29(19)17-8-15(36-23(32)13(5)6)16(35-17)10-34-22(31)12(3)4/h9,11-13,15-17H,8,10H2,1-7H3,(H,26,27,28,30)/t15-,16+,17+/m0/s1. The Balaban J connectivity index is 1.96. The van der Waals surface area contributed by atoms with Gasteiger partial charge in [-0.2, -0.15) is 9.97 Å². The van der Waals surface area contributed by atoms with E-state index in [2.05, 4.69) is 37.9 Å². The van der Waals surface area contributed by atoms with Gasteiger partial charge < -0.3 is 23.5 Å². The summed E-state index contributed by atoms with van der Waals surface area (Å²) in [4.78, 5) is 45.6. The van der Waals surface area contributed by atoms with Crippen molar-refractivity contribution >= 4 is 57.4 Å². The van der Waals surface area contributed by atoms with E-state index < -0.39 is 18.4 Å². The fourth-order valence-corrected chi connectivity index (χ4v) is 4.28. The van der Waals surface area contributed by atoms with Crippen LogP contribution < -0.4 is 10.1 Å². The molecule has 12 heteroatoms. The minimum absolute atomic E-state index is 0.0478. The highest BCUT2D eigenvalue weighted by molar-refractivity contribution is 14.1. The van der Waals surface area contributed by atoms with Crippen LogP contribution in [0.15, 0.2) is 6.20 Å². The third-order valence-corrected chi connectivity index (χ3v) is 6.45. The lowest BCUT2D eigenvalue weighted by molar-refractivity contribution is -0.162. The molecule has 1 fully saturated rings. The summed E-state index contributed by atoms with van der Waals surface area (Å²) in [5.41, 5.74) is 0.490. The third kappa shape index (κ3) is 6.25. The maximum Gasteiger partial charge on any atom is 0.308 e. The van der Waals surface area contributed by atoms with E-state index >= 15 is 0 Å². The Hall–Kier alpha value is -2.48. The zero-order valence-corrected chi connectivity index (χ0v) is 23.7. The van der Waals surface area contributed by atoms with E-state index in [1.165, 1.54) is 7.11 Å². The summed E-state index contributed by atoms with van der Waals surface area (Å²) in [5, 5.41) is 3.37. The summed E-state index contributed by atoms with van der Waals surface area (Å²) < 4.78 is 25.5. The van der Waals surface area contributed by atoms with Crippen molar-refractivity contribution in [1.29, 1.82) is 0 Å². The number of esters is 2. The molecule has 11 nitrogen and oxygen atoms in total. The van der Waals surface area contributed by atoms with Gasteiger partial charge in [0, 0.05) is 22.1 Å².